The number of aryl methyl sites for hydroxylation is 2. The van der Waals surface area contributed by atoms with Crippen molar-refractivity contribution in [2.45, 2.75) is 20.4 Å². The van der Waals surface area contributed by atoms with Crippen molar-refractivity contribution in [2.24, 2.45) is 0 Å². The molecule has 4 amide bonds. The average molecular weight is 450 g/mol. The van der Waals surface area contributed by atoms with E-state index in [1.807, 2.05) is 49.5 Å². The molecule has 0 saturated carbocycles. The van der Waals surface area contributed by atoms with Gasteiger partial charge >= 0.3 is 6.03 Å². The van der Waals surface area contributed by atoms with E-state index in [1.54, 1.807) is 18.2 Å². The van der Waals surface area contributed by atoms with Gasteiger partial charge in [0.1, 0.15) is 5.57 Å². The SMILES string of the molecule is Cc1ccc(Cn2cc(/C=C3\C(=O)NC(=O)N(c4ccccc4C)C3=O)c3ccccc32)cc1. The first-order valence-corrected chi connectivity index (χ1v) is 11.0. The van der Waals surface area contributed by atoms with Gasteiger partial charge in [0.05, 0.1) is 5.69 Å². The van der Waals surface area contributed by atoms with Crippen LogP contribution in [0.25, 0.3) is 17.0 Å². The maximum atomic E-state index is 13.3. The van der Waals surface area contributed by atoms with Crippen LogP contribution in [0.3, 0.4) is 0 Å². The summed E-state index contributed by atoms with van der Waals surface area (Å²) in [6, 6.07) is 22.5. The fourth-order valence-electron chi connectivity index (χ4n) is 4.26. The van der Waals surface area contributed by atoms with Crippen LogP contribution >= 0.6 is 0 Å². The van der Waals surface area contributed by atoms with Crippen molar-refractivity contribution in [2.75, 3.05) is 4.90 Å². The highest BCUT2D eigenvalue weighted by Gasteiger charge is 2.37. The Morgan fingerprint density at radius 2 is 1.56 bits per heavy atom. The number of carbonyl (C=O) groups excluding carboxylic acids is 3. The topological polar surface area (TPSA) is 71.4 Å². The van der Waals surface area contributed by atoms with Crippen LogP contribution in [0.15, 0.2) is 84.6 Å². The molecule has 6 nitrogen and oxygen atoms in total. The number of amides is 4. The summed E-state index contributed by atoms with van der Waals surface area (Å²) in [5.41, 5.74) is 5.20. The summed E-state index contributed by atoms with van der Waals surface area (Å²) in [4.78, 5) is 39.6. The molecule has 4 aromatic rings. The normalized spacial score (nSPS) is 15.3. The second-order valence-electron chi connectivity index (χ2n) is 8.46. The second-order valence-corrected chi connectivity index (χ2v) is 8.46. The monoisotopic (exact) mass is 449 g/mol. The predicted octanol–water partition coefficient (Wildman–Crippen LogP) is 4.97. The van der Waals surface area contributed by atoms with E-state index in [0.717, 1.165) is 32.5 Å². The zero-order valence-corrected chi connectivity index (χ0v) is 18.9. The molecular weight excluding hydrogens is 426 g/mol. The lowest BCUT2D eigenvalue weighted by atomic mass is 10.1. The molecule has 1 aromatic heterocycles. The molecule has 1 N–H and O–H groups in total. The molecule has 1 saturated heterocycles. The van der Waals surface area contributed by atoms with Crippen LogP contribution in [0.2, 0.25) is 0 Å². The molecule has 1 aliphatic heterocycles. The maximum absolute atomic E-state index is 13.3. The zero-order valence-electron chi connectivity index (χ0n) is 18.9. The first-order valence-electron chi connectivity index (χ1n) is 11.0. The third-order valence-electron chi connectivity index (χ3n) is 6.05. The van der Waals surface area contributed by atoms with Gasteiger partial charge in [-0.05, 0) is 43.2 Å². The number of nitrogens with one attached hydrogen (secondary N) is 1. The Bertz CT molecular complexity index is 1480. The van der Waals surface area contributed by atoms with Crippen molar-refractivity contribution < 1.29 is 14.4 Å². The Morgan fingerprint density at radius 1 is 0.853 bits per heavy atom. The van der Waals surface area contributed by atoms with Crippen molar-refractivity contribution in [1.29, 1.82) is 0 Å². The summed E-state index contributed by atoms with van der Waals surface area (Å²) >= 11 is 0. The lowest BCUT2D eigenvalue weighted by Gasteiger charge is -2.27. The van der Waals surface area contributed by atoms with E-state index >= 15 is 0 Å². The number of imide groups is 2. The van der Waals surface area contributed by atoms with E-state index in [0.29, 0.717) is 12.2 Å². The number of carbonyl (C=O) groups is 3. The summed E-state index contributed by atoms with van der Waals surface area (Å²) in [7, 11) is 0. The van der Waals surface area contributed by atoms with E-state index in [4.69, 9.17) is 0 Å². The molecule has 2 heterocycles. The fraction of sp³-hybridized carbons (Fsp3) is 0.107. The third-order valence-corrected chi connectivity index (χ3v) is 6.05. The molecule has 0 atom stereocenters. The first-order chi connectivity index (χ1) is 16.4. The number of barbiturate groups is 1. The molecule has 0 bridgehead atoms. The Labute approximate surface area is 197 Å². The van der Waals surface area contributed by atoms with Gasteiger partial charge in [-0.3, -0.25) is 14.9 Å². The Kier molecular flexibility index (Phi) is 5.34. The predicted molar refractivity (Wildman–Crippen MR) is 132 cm³/mol. The van der Waals surface area contributed by atoms with Crippen molar-refractivity contribution >= 4 is 40.5 Å². The zero-order chi connectivity index (χ0) is 23.8. The van der Waals surface area contributed by atoms with E-state index < -0.39 is 17.8 Å². The van der Waals surface area contributed by atoms with Crippen LogP contribution in [0, 0.1) is 13.8 Å². The molecule has 6 heteroatoms. The average Bonchev–Trinajstić information content (AvgIpc) is 3.16. The summed E-state index contributed by atoms with van der Waals surface area (Å²) < 4.78 is 2.10. The number of rotatable bonds is 4. The van der Waals surface area contributed by atoms with Crippen molar-refractivity contribution in [3.05, 3.63) is 107 Å². The number of hydrogen-bond acceptors (Lipinski definition) is 3. The lowest BCUT2D eigenvalue weighted by molar-refractivity contribution is -0.122. The molecule has 0 spiro atoms. The molecule has 0 aliphatic carbocycles. The molecular formula is C28H23N3O3. The number of hydrogen-bond donors (Lipinski definition) is 1. The number of benzene rings is 3. The van der Waals surface area contributed by atoms with Gasteiger partial charge in [0, 0.05) is 29.2 Å². The largest absolute Gasteiger partial charge is 0.342 e. The third kappa shape index (κ3) is 3.79. The van der Waals surface area contributed by atoms with Crippen LogP contribution < -0.4 is 10.2 Å². The molecule has 3 aromatic carbocycles. The summed E-state index contributed by atoms with van der Waals surface area (Å²) in [5.74, 6) is -1.34. The Hall–Kier alpha value is -4.45. The van der Waals surface area contributed by atoms with Gasteiger partial charge < -0.3 is 4.57 Å². The number of urea groups is 1. The van der Waals surface area contributed by atoms with Crippen molar-refractivity contribution in [3.63, 3.8) is 0 Å². The lowest BCUT2D eigenvalue weighted by Crippen LogP contribution is -2.54. The van der Waals surface area contributed by atoms with E-state index in [2.05, 4.69) is 41.1 Å². The van der Waals surface area contributed by atoms with Crippen molar-refractivity contribution in [3.8, 4) is 0 Å². The van der Waals surface area contributed by atoms with Crippen LogP contribution in [0.4, 0.5) is 10.5 Å². The second kappa shape index (κ2) is 8.48. The fourth-order valence-corrected chi connectivity index (χ4v) is 4.26. The van der Waals surface area contributed by atoms with E-state index in [-0.39, 0.29) is 5.57 Å². The van der Waals surface area contributed by atoms with Gasteiger partial charge in [0.25, 0.3) is 11.8 Å². The molecule has 1 aliphatic rings. The van der Waals surface area contributed by atoms with Gasteiger partial charge in [-0.2, -0.15) is 0 Å². The standard InChI is InChI=1S/C28H23N3O3/c1-18-11-13-20(14-12-18)16-30-17-21(22-8-4-6-10-25(22)30)15-23-26(32)29-28(34)31(27(23)33)24-9-5-3-7-19(24)2/h3-15,17H,16H2,1-2H3,(H,29,32,34)/b23-15+. The van der Waals surface area contributed by atoms with E-state index in [1.165, 1.54) is 5.56 Å². The summed E-state index contributed by atoms with van der Waals surface area (Å²) in [5, 5.41) is 3.23. The first kappa shape index (κ1) is 21.4. The molecule has 0 unspecified atom stereocenters. The van der Waals surface area contributed by atoms with Gasteiger partial charge in [0.2, 0.25) is 0 Å². The van der Waals surface area contributed by atoms with Crippen LogP contribution in [0.1, 0.15) is 22.3 Å². The van der Waals surface area contributed by atoms with Gasteiger partial charge in [0.15, 0.2) is 0 Å². The van der Waals surface area contributed by atoms with Crippen molar-refractivity contribution in [1.82, 2.24) is 9.88 Å². The quantitative estimate of drug-likeness (QED) is 0.353. The van der Waals surface area contributed by atoms with Gasteiger partial charge in [-0.15, -0.1) is 0 Å². The van der Waals surface area contributed by atoms with E-state index in [9.17, 15) is 14.4 Å². The Morgan fingerprint density at radius 3 is 2.32 bits per heavy atom. The molecule has 0 radical (unpaired) electrons. The molecule has 1 fully saturated rings. The molecule has 34 heavy (non-hydrogen) atoms. The van der Waals surface area contributed by atoms with Crippen LogP contribution in [-0.4, -0.2) is 22.4 Å². The number of aromatic nitrogens is 1. The minimum atomic E-state index is -0.747. The van der Waals surface area contributed by atoms with Crippen LogP contribution in [0.5, 0.6) is 0 Å². The summed E-state index contributed by atoms with van der Waals surface area (Å²) in [6.45, 7) is 4.52. The highest BCUT2D eigenvalue weighted by molar-refractivity contribution is 6.39. The molecule has 168 valence electrons. The smallest absolute Gasteiger partial charge is 0.335 e. The molecule has 5 rings (SSSR count). The highest BCUT2D eigenvalue weighted by atomic mass is 16.2. The maximum Gasteiger partial charge on any atom is 0.335 e. The van der Waals surface area contributed by atoms with Gasteiger partial charge in [-0.25, -0.2) is 9.69 Å². The number of anilines is 1. The Balaban J connectivity index is 1.57. The minimum Gasteiger partial charge on any atom is -0.342 e. The highest BCUT2D eigenvalue weighted by Crippen LogP contribution is 2.28. The number of para-hydroxylation sites is 2. The number of fused-ring (bicyclic) bond motifs is 1. The van der Waals surface area contributed by atoms with Gasteiger partial charge in [-0.1, -0.05) is 66.2 Å². The van der Waals surface area contributed by atoms with Crippen LogP contribution in [-0.2, 0) is 16.1 Å². The minimum absolute atomic E-state index is 0.0823. The number of nitrogens with zero attached hydrogens (tertiary/aromatic N) is 2. The summed E-state index contributed by atoms with van der Waals surface area (Å²) in [6.07, 6.45) is 3.51.